The van der Waals surface area contributed by atoms with E-state index in [-0.39, 0.29) is 16.8 Å². The summed E-state index contributed by atoms with van der Waals surface area (Å²) in [7, 11) is 0. The second-order valence-corrected chi connectivity index (χ2v) is 7.60. The molecule has 0 spiro atoms. The van der Waals surface area contributed by atoms with Crippen molar-refractivity contribution in [3.63, 3.8) is 0 Å². The van der Waals surface area contributed by atoms with Crippen molar-refractivity contribution in [2.45, 2.75) is 0 Å². The molecule has 4 aromatic rings. The zero-order valence-corrected chi connectivity index (χ0v) is 17.2. The van der Waals surface area contributed by atoms with Crippen LogP contribution in [0.2, 0.25) is 0 Å². The minimum absolute atomic E-state index is 0.0371. The van der Waals surface area contributed by atoms with Crippen LogP contribution in [0.4, 0.5) is 11.5 Å². The first-order chi connectivity index (χ1) is 15.6. The van der Waals surface area contributed by atoms with Gasteiger partial charge in [-0.2, -0.15) is 5.26 Å². The van der Waals surface area contributed by atoms with Gasteiger partial charge in [-0.3, -0.25) is 4.79 Å². The summed E-state index contributed by atoms with van der Waals surface area (Å²) >= 11 is 0. The van der Waals surface area contributed by atoms with Crippen molar-refractivity contribution >= 4 is 22.4 Å². The number of aromatic nitrogens is 3. The summed E-state index contributed by atoms with van der Waals surface area (Å²) in [6, 6.07) is 20.1. The van der Waals surface area contributed by atoms with E-state index in [0.29, 0.717) is 22.5 Å². The second-order valence-electron chi connectivity index (χ2n) is 7.60. The number of piperazine rings is 1. The molecule has 2 aromatic heterocycles. The first-order valence-corrected chi connectivity index (χ1v) is 10.3. The molecule has 1 saturated heterocycles. The van der Waals surface area contributed by atoms with Crippen molar-refractivity contribution < 1.29 is 5.11 Å². The Kier molecular flexibility index (Phi) is 4.92. The number of fused-ring (bicyclic) bond motifs is 1. The maximum absolute atomic E-state index is 12.5. The summed E-state index contributed by atoms with van der Waals surface area (Å²) in [6.45, 7) is 3.24. The molecule has 5 rings (SSSR count). The number of aromatic hydroxyl groups is 1. The molecule has 2 N–H and O–H groups in total. The van der Waals surface area contributed by atoms with Crippen LogP contribution in [0.25, 0.3) is 22.4 Å². The number of H-pyrrole nitrogens is 1. The number of anilines is 2. The van der Waals surface area contributed by atoms with Crippen LogP contribution >= 0.6 is 0 Å². The van der Waals surface area contributed by atoms with Crippen molar-refractivity contribution in [3.05, 3.63) is 76.6 Å². The Bertz CT molecular complexity index is 1380. The van der Waals surface area contributed by atoms with E-state index >= 15 is 0 Å². The SMILES string of the molecule is N#Cc1ccc(N2CCN(c3cccc(-c4nc5c(O)cccc5c(=O)[nH]4)n3)CC2)cc1. The van der Waals surface area contributed by atoms with Gasteiger partial charge in [0.1, 0.15) is 22.8 Å². The summed E-state index contributed by atoms with van der Waals surface area (Å²) in [6.07, 6.45) is 0. The van der Waals surface area contributed by atoms with Gasteiger partial charge >= 0.3 is 0 Å². The van der Waals surface area contributed by atoms with E-state index in [9.17, 15) is 9.90 Å². The third kappa shape index (κ3) is 3.61. The number of nitriles is 1. The first kappa shape index (κ1) is 19.6. The standard InChI is InChI=1S/C24H20N6O2/c25-15-16-7-9-17(10-8-16)29-11-13-30(14-12-29)21-6-2-4-19(26-21)23-27-22-18(24(32)28-23)3-1-5-20(22)31/h1-10,31H,11-14H2,(H,27,28,32). The van der Waals surface area contributed by atoms with Crippen molar-refractivity contribution in [3.8, 4) is 23.3 Å². The first-order valence-electron chi connectivity index (χ1n) is 10.3. The van der Waals surface area contributed by atoms with Crippen LogP contribution in [-0.2, 0) is 0 Å². The molecule has 0 saturated carbocycles. The molecule has 158 valence electrons. The van der Waals surface area contributed by atoms with E-state index in [0.717, 1.165) is 37.7 Å². The second kappa shape index (κ2) is 8.04. The fourth-order valence-electron chi connectivity index (χ4n) is 3.94. The molecule has 1 aliphatic heterocycles. The number of hydrogen-bond acceptors (Lipinski definition) is 7. The van der Waals surface area contributed by atoms with E-state index in [2.05, 4.69) is 25.8 Å². The van der Waals surface area contributed by atoms with E-state index < -0.39 is 0 Å². The van der Waals surface area contributed by atoms with Gasteiger partial charge in [0.25, 0.3) is 5.56 Å². The zero-order valence-electron chi connectivity index (χ0n) is 17.2. The van der Waals surface area contributed by atoms with Gasteiger partial charge in [0.2, 0.25) is 0 Å². The molecular weight excluding hydrogens is 404 g/mol. The third-order valence-electron chi connectivity index (χ3n) is 5.66. The predicted molar refractivity (Wildman–Crippen MR) is 123 cm³/mol. The van der Waals surface area contributed by atoms with E-state index in [4.69, 9.17) is 10.2 Å². The Morgan fingerprint density at radius 1 is 0.906 bits per heavy atom. The lowest BCUT2D eigenvalue weighted by molar-refractivity contribution is 0.480. The summed E-state index contributed by atoms with van der Waals surface area (Å²) in [5.41, 5.74) is 2.24. The van der Waals surface area contributed by atoms with Gasteiger partial charge in [-0.05, 0) is 48.5 Å². The Morgan fingerprint density at radius 2 is 1.62 bits per heavy atom. The Labute approximate surface area is 184 Å². The molecule has 0 bridgehead atoms. The summed E-state index contributed by atoms with van der Waals surface area (Å²) in [5.74, 6) is 1.09. The molecule has 0 aliphatic carbocycles. The summed E-state index contributed by atoms with van der Waals surface area (Å²) in [4.78, 5) is 28.9. The highest BCUT2D eigenvalue weighted by Crippen LogP contribution is 2.24. The Balaban J connectivity index is 1.37. The zero-order chi connectivity index (χ0) is 22.1. The van der Waals surface area contributed by atoms with Crippen LogP contribution in [-0.4, -0.2) is 46.2 Å². The molecule has 0 amide bonds. The highest BCUT2D eigenvalue weighted by atomic mass is 16.3. The lowest BCUT2D eigenvalue weighted by Crippen LogP contribution is -2.46. The number of phenolic OH excluding ortho intramolecular Hbond substituents is 1. The predicted octanol–water partition coefficient (Wildman–Crippen LogP) is 2.89. The van der Waals surface area contributed by atoms with Crippen molar-refractivity contribution in [2.24, 2.45) is 0 Å². The molecule has 0 atom stereocenters. The number of pyridine rings is 1. The molecule has 8 heteroatoms. The number of hydrogen-bond donors (Lipinski definition) is 2. The lowest BCUT2D eigenvalue weighted by Gasteiger charge is -2.36. The molecule has 8 nitrogen and oxygen atoms in total. The Hall–Kier alpha value is -4.38. The fraction of sp³-hybridized carbons (Fsp3) is 0.167. The maximum atomic E-state index is 12.5. The van der Waals surface area contributed by atoms with Gasteiger partial charge in [0.15, 0.2) is 5.82 Å². The fourth-order valence-corrected chi connectivity index (χ4v) is 3.94. The molecule has 1 aliphatic rings. The average molecular weight is 424 g/mol. The largest absolute Gasteiger partial charge is 0.506 e. The van der Waals surface area contributed by atoms with Gasteiger partial charge in [-0.1, -0.05) is 12.1 Å². The number of benzene rings is 2. The summed E-state index contributed by atoms with van der Waals surface area (Å²) in [5, 5.41) is 19.4. The van der Waals surface area contributed by atoms with Crippen LogP contribution < -0.4 is 15.4 Å². The summed E-state index contributed by atoms with van der Waals surface area (Å²) < 4.78 is 0. The third-order valence-corrected chi connectivity index (χ3v) is 5.66. The lowest BCUT2D eigenvalue weighted by atomic mass is 10.2. The van der Waals surface area contributed by atoms with Gasteiger partial charge in [-0.15, -0.1) is 0 Å². The quantitative estimate of drug-likeness (QED) is 0.520. The van der Waals surface area contributed by atoms with Crippen LogP contribution in [0.3, 0.4) is 0 Å². The normalized spacial score (nSPS) is 13.8. The minimum Gasteiger partial charge on any atom is -0.506 e. The molecule has 1 fully saturated rings. The maximum Gasteiger partial charge on any atom is 0.259 e. The molecule has 32 heavy (non-hydrogen) atoms. The van der Waals surface area contributed by atoms with Gasteiger partial charge in [0, 0.05) is 31.9 Å². The average Bonchev–Trinajstić information content (AvgIpc) is 2.85. The van der Waals surface area contributed by atoms with Crippen molar-refractivity contribution in [1.29, 1.82) is 5.26 Å². The molecular formula is C24H20N6O2. The van der Waals surface area contributed by atoms with Crippen molar-refractivity contribution in [1.82, 2.24) is 15.0 Å². The monoisotopic (exact) mass is 424 g/mol. The number of phenols is 1. The van der Waals surface area contributed by atoms with E-state index in [1.165, 1.54) is 6.07 Å². The number of nitrogens with one attached hydrogen (secondary N) is 1. The van der Waals surface area contributed by atoms with Gasteiger partial charge in [0.05, 0.1) is 17.0 Å². The molecule has 2 aromatic carbocycles. The van der Waals surface area contributed by atoms with Crippen LogP contribution in [0.15, 0.2) is 65.5 Å². The number of rotatable bonds is 3. The number of aromatic amines is 1. The minimum atomic E-state index is -0.316. The van der Waals surface area contributed by atoms with Gasteiger partial charge in [-0.25, -0.2) is 9.97 Å². The van der Waals surface area contributed by atoms with Gasteiger partial charge < -0.3 is 19.9 Å². The number of nitrogens with zero attached hydrogens (tertiary/aromatic N) is 5. The smallest absolute Gasteiger partial charge is 0.259 e. The van der Waals surface area contributed by atoms with Crippen molar-refractivity contribution in [2.75, 3.05) is 36.0 Å². The topological polar surface area (TPSA) is 109 Å². The van der Waals surface area contributed by atoms with Crippen LogP contribution in [0.1, 0.15) is 5.56 Å². The van der Waals surface area contributed by atoms with Crippen LogP contribution in [0, 0.1) is 11.3 Å². The number of para-hydroxylation sites is 1. The molecule has 0 radical (unpaired) electrons. The van der Waals surface area contributed by atoms with E-state index in [1.54, 1.807) is 18.2 Å². The van der Waals surface area contributed by atoms with E-state index in [1.807, 2.05) is 36.4 Å². The molecule has 0 unspecified atom stereocenters. The highest BCUT2D eigenvalue weighted by molar-refractivity contribution is 5.84. The van der Waals surface area contributed by atoms with Crippen LogP contribution in [0.5, 0.6) is 5.75 Å². The molecule has 3 heterocycles. The highest BCUT2D eigenvalue weighted by Gasteiger charge is 2.19. The Morgan fingerprint density at radius 3 is 2.38 bits per heavy atom.